The lowest BCUT2D eigenvalue weighted by atomic mass is 10.2. The molecule has 384 valence electrons. The van der Waals surface area contributed by atoms with Crippen molar-refractivity contribution >= 4 is 28.8 Å². The molecule has 0 spiro atoms. The van der Waals surface area contributed by atoms with Crippen LogP contribution in [0.1, 0.15) is 111 Å². The minimum Gasteiger partial charge on any atom is -0.458 e. The van der Waals surface area contributed by atoms with Crippen molar-refractivity contribution in [2.24, 2.45) is 0 Å². The maximum atomic E-state index is 12.7. The molecule has 0 aliphatic carbocycles. The zero-order chi connectivity index (χ0) is 44.2. The van der Waals surface area contributed by atoms with Crippen molar-refractivity contribution in [3.8, 4) is 17.2 Å². The van der Waals surface area contributed by atoms with Crippen molar-refractivity contribution in [1.29, 1.82) is 0 Å². The van der Waals surface area contributed by atoms with Gasteiger partial charge in [0.05, 0.1) is 24.3 Å². The van der Waals surface area contributed by atoms with Gasteiger partial charge in [-0.1, -0.05) is 80.2 Å². The van der Waals surface area contributed by atoms with E-state index in [1.54, 1.807) is 0 Å². The van der Waals surface area contributed by atoms with Crippen molar-refractivity contribution in [3.05, 3.63) is 126 Å². The molecule has 0 aliphatic heterocycles. The number of benzene rings is 3. The lowest BCUT2D eigenvalue weighted by Gasteiger charge is -2.13. The van der Waals surface area contributed by atoms with Gasteiger partial charge in [0.15, 0.2) is 0 Å². The van der Waals surface area contributed by atoms with Crippen LogP contribution < -0.4 is 14.2 Å². The van der Waals surface area contributed by atoms with Gasteiger partial charge in [0.1, 0.15) is 30.5 Å². The molecule has 0 heterocycles. The highest BCUT2D eigenvalue weighted by atomic mass is 35.5. The topological polar surface area (TPSA) is 141 Å². The molecule has 0 atom stereocenters. The van der Waals surface area contributed by atoms with E-state index in [0.29, 0.717) is 0 Å². The van der Waals surface area contributed by atoms with E-state index in [2.05, 4.69) is 39.9 Å². The predicted octanol–water partition coefficient (Wildman–Crippen LogP) is 14.4. The maximum Gasteiger partial charge on any atom is 0.344 e. The average Bonchev–Trinajstić information content (AvgIpc) is 3.21. The van der Waals surface area contributed by atoms with E-state index in [1.165, 1.54) is 31.8 Å². The van der Waals surface area contributed by atoms with Gasteiger partial charge in [0, 0.05) is 5.56 Å². The Morgan fingerprint density at radius 3 is 0.848 bits per heavy atom. The van der Waals surface area contributed by atoms with E-state index >= 15 is 0 Å². The fourth-order valence-corrected chi connectivity index (χ4v) is 3.63. The monoisotopic (exact) mass is 989 g/mol. The first kappa shape index (κ1) is 80.7. The Balaban J connectivity index is -0.000000115. The highest BCUT2D eigenvalue weighted by molar-refractivity contribution is 6.67. The van der Waals surface area contributed by atoms with E-state index in [0.717, 1.165) is 60.7 Å². The van der Waals surface area contributed by atoms with Crippen LogP contribution in [0.15, 0.2) is 109 Å². The van der Waals surface area contributed by atoms with Crippen LogP contribution in [0.3, 0.4) is 0 Å². The van der Waals surface area contributed by atoms with Crippen LogP contribution in [0.5, 0.6) is 17.2 Å². The lowest BCUT2D eigenvalue weighted by molar-refractivity contribution is 0.0265. The van der Waals surface area contributed by atoms with Gasteiger partial charge in [0.2, 0.25) is 0 Å². The molecule has 66 heavy (non-hydrogen) atoms. The van der Waals surface area contributed by atoms with Crippen molar-refractivity contribution in [2.45, 2.75) is 80.2 Å². The molecule has 0 aromatic heterocycles. The minimum atomic E-state index is -2.63. The molecule has 0 bridgehead atoms. The number of aliphatic hydroxyl groups is 2. The number of aliphatic hydroxyl groups excluding tert-OH is 2. The second-order valence-electron chi connectivity index (χ2n) is 10.1. The van der Waals surface area contributed by atoms with Crippen LogP contribution in [0.4, 0.5) is 39.5 Å². The third-order valence-electron chi connectivity index (χ3n) is 6.32. The molecular formula is C45H69ClF9NO10. The van der Waals surface area contributed by atoms with Gasteiger partial charge >= 0.3 is 48.2 Å². The first-order valence-electron chi connectivity index (χ1n) is 16.4. The first-order valence-corrected chi connectivity index (χ1v) is 16.8. The predicted molar refractivity (Wildman–Crippen MR) is 244 cm³/mol. The van der Waals surface area contributed by atoms with Crippen LogP contribution in [0, 0.1) is 0 Å². The lowest BCUT2D eigenvalue weighted by Crippen LogP contribution is -2.21. The summed E-state index contributed by atoms with van der Waals surface area (Å²) in [5, 5.41) is 14.6. The molecule has 21 heteroatoms. The molecule has 0 saturated carbocycles. The highest BCUT2D eigenvalue weighted by Gasteiger charge is 2.13. The summed E-state index contributed by atoms with van der Waals surface area (Å²) in [4.78, 5) is 36.7. The van der Waals surface area contributed by atoms with Crippen LogP contribution in [-0.4, -0.2) is 78.4 Å². The molecule has 0 saturated heterocycles. The molecular weight excluding hydrogens is 921 g/mol. The van der Waals surface area contributed by atoms with E-state index in [-0.39, 0.29) is 120 Å². The summed E-state index contributed by atoms with van der Waals surface area (Å²) in [7, 11) is 0. The first-order chi connectivity index (χ1) is 27.4. The second kappa shape index (κ2) is 46.0. The zero-order valence-electron chi connectivity index (χ0n) is 30.8. The molecule has 0 aliphatic rings. The van der Waals surface area contributed by atoms with E-state index in [4.69, 9.17) is 31.3 Å². The fraction of sp³-hybridized carbons (Fsp3) is 0.400. The molecule has 3 aromatic rings. The SMILES string of the molecule is C.C.C.C.C.C.C.C.CCN(CC)CC.O=C(Cl)c1ccc(OC(F)=C(F)F)cc1.O=C(OCCOC(=O)c1ccc(OC(F)=C(F)F)cc1)c1ccc(OC(F)=C(F)F)cc1.OCCO. The van der Waals surface area contributed by atoms with Gasteiger partial charge in [-0.3, -0.25) is 4.79 Å². The summed E-state index contributed by atoms with van der Waals surface area (Å²) in [6.07, 6.45) is -7.82. The summed E-state index contributed by atoms with van der Waals surface area (Å²) in [5.41, 5.74) is 0.153. The summed E-state index contributed by atoms with van der Waals surface area (Å²) in [6.45, 7) is 9.21. The zero-order valence-corrected chi connectivity index (χ0v) is 31.5. The molecule has 0 fully saturated rings. The van der Waals surface area contributed by atoms with Crippen molar-refractivity contribution in [3.63, 3.8) is 0 Å². The van der Waals surface area contributed by atoms with Crippen LogP contribution in [-0.2, 0) is 9.47 Å². The number of ether oxygens (including phenoxy) is 5. The number of carbonyl (C=O) groups excluding carboxylic acids is 3. The van der Waals surface area contributed by atoms with Crippen molar-refractivity contribution in [1.82, 2.24) is 4.90 Å². The highest BCUT2D eigenvalue weighted by Crippen LogP contribution is 2.22. The van der Waals surface area contributed by atoms with Gasteiger partial charge in [-0.05, 0) is 104 Å². The third kappa shape index (κ3) is 34.8. The average molecular weight is 990 g/mol. The van der Waals surface area contributed by atoms with Gasteiger partial charge in [0.25, 0.3) is 5.24 Å². The number of nitrogens with zero attached hydrogens (tertiary/aromatic N) is 1. The van der Waals surface area contributed by atoms with E-state index in [9.17, 15) is 53.9 Å². The normalized spacial score (nSPS) is 8.61. The summed E-state index contributed by atoms with van der Waals surface area (Å²) < 4.78 is 131. The van der Waals surface area contributed by atoms with Gasteiger partial charge in [-0.25, -0.2) is 9.59 Å². The Morgan fingerprint density at radius 2 is 0.682 bits per heavy atom. The maximum absolute atomic E-state index is 12.7. The number of hydrogen-bond donors (Lipinski definition) is 2. The number of halogens is 10. The smallest absolute Gasteiger partial charge is 0.344 e. The number of hydrogen-bond acceptors (Lipinski definition) is 11. The third-order valence-corrected chi connectivity index (χ3v) is 6.54. The van der Waals surface area contributed by atoms with Crippen molar-refractivity contribution < 1.29 is 87.8 Å². The fourth-order valence-electron chi connectivity index (χ4n) is 3.50. The molecule has 2 N–H and O–H groups in total. The molecule has 0 amide bonds. The Bertz CT molecular complexity index is 1690. The number of esters is 2. The number of carbonyl (C=O) groups is 3. The van der Waals surface area contributed by atoms with E-state index < -0.39 is 53.5 Å². The molecule has 0 radical (unpaired) electrons. The van der Waals surface area contributed by atoms with Gasteiger partial charge in [-0.2, -0.15) is 39.5 Å². The number of rotatable bonds is 16. The molecule has 0 unspecified atom stereocenters. The Labute approximate surface area is 390 Å². The largest absolute Gasteiger partial charge is 0.458 e. The standard InChI is InChI=1S/C20H12F6O6.C9H4ClF3O2.C6H15N.C2H6O2.8CH4/c21-15(22)17(25)31-13-5-1-11(2-6-13)19(27)29-9-10-30-20(28)12-3-7-14(8-4-12)32-18(26)16(23)24;10-7(14)5-1-3-6(4-2-5)15-9(13)8(11)12;1-4-7(5-2)6-3;3-1-2-4;;;;;;;;/h1-8H,9-10H2;1-4H;4-6H2,1-3H3;3-4H,1-2H2;8*1H4. The Hall–Kier alpha value is -5.57. The van der Waals surface area contributed by atoms with E-state index in [1.807, 2.05) is 0 Å². The Morgan fingerprint density at radius 1 is 0.455 bits per heavy atom. The van der Waals surface area contributed by atoms with Crippen LogP contribution in [0.25, 0.3) is 0 Å². The molecule has 3 aromatic carbocycles. The molecule has 11 nitrogen and oxygen atoms in total. The quantitative estimate of drug-likeness (QED) is 0.0466. The summed E-state index contributed by atoms with van der Waals surface area (Å²) >= 11 is 5.13. The van der Waals surface area contributed by atoms with Crippen LogP contribution >= 0.6 is 11.6 Å². The molecule has 3 rings (SSSR count). The summed E-state index contributed by atoms with van der Waals surface area (Å²) in [5.74, 6) is -2.37. The minimum absolute atomic E-state index is 0. The Kier molecular flexibility index (Phi) is 56.2. The second-order valence-corrected chi connectivity index (χ2v) is 10.4. The van der Waals surface area contributed by atoms with Gasteiger partial charge < -0.3 is 38.8 Å². The van der Waals surface area contributed by atoms with Crippen LogP contribution in [0.2, 0.25) is 0 Å². The van der Waals surface area contributed by atoms with Crippen molar-refractivity contribution in [2.75, 3.05) is 46.1 Å². The van der Waals surface area contributed by atoms with Gasteiger partial charge in [-0.15, -0.1) is 0 Å². The summed E-state index contributed by atoms with van der Waals surface area (Å²) in [6, 6.07) is 7.49.